The van der Waals surface area contributed by atoms with Crippen molar-refractivity contribution in [2.24, 2.45) is 5.41 Å². The number of halogens is 5. The summed E-state index contributed by atoms with van der Waals surface area (Å²) in [7, 11) is 0. The second-order valence-electron chi connectivity index (χ2n) is 7.71. The summed E-state index contributed by atoms with van der Waals surface area (Å²) in [6.45, 7) is -0.735. The van der Waals surface area contributed by atoms with Crippen molar-refractivity contribution in [2.75, 3.05) is 6.61 Å². The number of fused-ring (bicyclic) bond motifs is 1. The number of rotatable bonds is 6. The van der Waals surface area contributed by atoms with Crippen molar-refractivity contribution in [2.45, 2.75) is 32.0 Å². The molecule has 0 bridgehead atoms. The minimum absolute atomic E-state index is 0.0297. The topological polar surface area (TPSA) is 62.5 Å². The Labute approximate surface area is 174 Å². The molecule has 0 amide bonds. The molecule has 9 heteroatoms. The van der Waals surface area contributed by atoms with E-state index in [9.17, 15) is 37.0 Å². The third kappa shape index (κ3) is 4.41. The summed E-state index contributed by atoms with van der Waals surface area (Å²) >= 11 is 0. The molecule has 3 rings (SSSR count). The van der Waals surface area contributed by atoms with E-state index >= 15 is 0 Å². The van der Waals surface area contributed by atoms with Crippen LogP contribution in [0, 0.1) is 17.0 Å². The number of aromatic nitrogens is 1. The maximum Gasteiger partial charge on any atom is 0.398 e. The zero-order chi connectivity index (χ0) is 23.0. The van der Waals surface area contributed by atoms with Gasteiger partial charge in [-0.25, -0.2) is 8.78 Å². The smallest absolute Gasteiger partial charge is 0.398 e. The van der Waals surface area contributed by atoms with Crippen LogP contribution in [0.2, 0.25) is 0 Å². The molecular weight excluding hydrogens is 421 g/mol. The Bertz CT molecular complexity index is 1160. The highest BCUT2D eigenvalue weighted by Gasteiger charge is 2.55. The van der Waals surface area contributed by atoms with Crippen molar-refractivity contribution < 1.29 is 32.2 Å². The van der Waals surface area contributed by atoms with Crippen molar-refractivity contribution in [3.8, 4) is 5.75 Å². The lowest BCUT2D eigenvalue weighted by atomic mass is 9.77. The first-order valence-electron chi connectivity index (χ1n) is 9.42. The highest BCUT2D eigenvalue weighted by Crippen LogP contribution is 2.47. The Morgan fingerprint density at radius 3 is 2.32 bits per heavy atom. The van der Waals surface area contributed by atoms with E-state index in [0.717, 1.165) is 47.2 Å². The Hall–Kier alpha value is -2.94. The summed E-state index contributed by atoms with van der Waals surface area (Å²) < 4.78 is 71.1. The number of aliphatic hydroxyl groups excluding tert-OH is 1. The summed E-state index contributed by atoms with van der Waals surface area (Å²) in [4.78, 5) is 12.0. The quantitative estimate of drug-likeness (QED) is 0.545. The second kappa shape index (κ2) is 8.30. The first-order chi connectivity index (χ1) is 14.5. The molecule has 3 aromatic rings. The molecule has 0 aliphatic rings. The molecule has 2 aromatic carbocycles. The molecule has 2 atom stereocenters. The van der Waals surface area contributed by atoms with E-state index in [-0.39, 0.29) is 22.2 Å². The van der Waals surface area contributed by atoms with Crippen LogP contribution in [0.25, 0.3) is 10.9 Å². The predicted octanol–water partition coefficient (Wildman–Crippen LogP) is 4.72. The molecule has 1 heterocycles. The number of alkyl halides is 3. The zero-order valence-corrected chi connectivity index (χ0v) is 16.5. The fourth-order valence-electron chi connectivity index (χ4n) is 3.83. The number of pyridine rings is 1. The number of hydrogen-bond donors (Lipinski definition) is 2. The molecule has 0 radical (unpaired) electrons. The Balaban J connectivity index is 2.09. The monoisotopic (exact) mass is 441 g/mol. The third-order valence-corrected chi connectivity index (χ3v) is 5.53. The number of aromatic hydroxyl groups is 1. The van der Waals surface area contributed by atoms with Gasteiger partial charge >= 0.3 is 6.18 Å². The fourth-order valence-corrected chi connectivity index (χ4v) is 3.83. The van der Waals surface area contributed by atoms with Gasteiger partial charge in [0.15, 0.2) is 5.43 Å². The van der Waals surface area contributed by atoms with Crippen LogP contribution in [0.5, 0.6) is 5.75 Å². The lowest BCUT2D eigenvalue weighted by Gasteiger charge is -2.37. The third-order valence-electron chi connectivity index (χ3n) is 5.53. The number of benzene rings is 2. The molecule has 0 aliphatic heterocycles. The SMILES string of the molecule is CC(CC(CO)(Cn1ccc(=O)c2ccc(F)cc21)C(F)(F)F)c1cc(F)ccc1O. The molecule has 166 valence electrons. The van der Waals surface area contributed by atoms with Gasteiger partial charge in [-0.3, -0.25) is 4.79 Å². The van der Waals surface area contributed by atoms with Crippen molar-refractivity contribution in [1.29, 1.82) is 0 Å². The summed E-state index contributed by atoms with van der Waals surface area (Å²) in [6.07, 6.45) is -4.47. The lowest BCUT2D eigenvalue weighted by molar-refractivity contribution is -0.244. The first kappa shape index (κ1) is 22.7. The number of hydrogen-bond acceptors (Lipinski definition) is 3. The molecule has 1 aromatic heterocycles. The van der Waals surface area contributed by atoms with Crippen molar-refractivity contribution in [3.63, 3.8) is 0 Å². The van der Waals surface area contributed by atoms with Gasteiger partial charge in [0.25, 0.3) is 0 Å². The molecule has 0 saturated carbocycles. The van der Waals surface area contributed by atoms with E-state index in [4.69, 9.17) is 0 Å². The van der Waals surface area contributed by atoms with Gasteiger partial charge in [-0.15, -0.1) is 0 Å². The zero-order valence-electron chi connectivity index (χ0n) is 16.5. The van der Waals surface area contributed by atoms with Gasteiger partial charge in [-0.1, -0.05) is 6.92 Å². The van der Waals surface area contributed by atoms with Crippen LogP contribution in [0.15, 0.2) is 53.5 Å². The highest BCUT2D eigenvalue weighted by atomic mass is 19.4. The minimum atomic E-state index is -4.90. The molecule has 0 fully saturated rings. The Morgan fingerprint density at radius 2 is 1.68 bits per heavy atom. The average molecular weight is 441 g/mol. The van der Waals surface area contributed by atoms with Crippen molar-refractivity contribution in [1.82, 2.24) is 4.57 Å². The largest absolute Gasteiger partial charge is 0.508 e. The van der Waals surface area contributed by atoms with Crippen LogP contribution in [-0.2, 0) is 6.54 Å². The number of phenols is 1. The summed E-state index contributed by atoms with van der Waals surface area (Å²) in [6, 6.07) is 7.22. The first-order valence-corrected chi connectivity index (χ1v) is 9.42. The van der Waals surface area contributed by atoms with Crippen molar-refractivity contribution >= 4 is 10.9 Å². The van der Waals surface area contributed by atoms with Crippen LogP contribution < -0.4 is 5.43 Å². The number of nitrogens with zero attached hydrogens (tertiary/aromatic N) is 1. The van der Waals surface area contributed by atoms with E-state index in [0.29, 0.717) is 0 Å². The van der Waals surface area contributed by atoms with Gasteiger partial charge in [-0.2, -0.15) is 13.2 Å². The number of aliphatic hydroxyl groups is 1. The van der Waals surface area contributed by atoms with E-state index < -0.39 is 54.1 Å². The molecular formula is C22H20F5NO3. The van der Waals surface area contributed by atoms with Crippen LogP contribution >= 0.6 is 0 Å². The maximum atomic E-state index is 14.2. The molecule has 0 spiro atoms. The van der Waals surface area contributed by atoms with Gasteiger partial charge < -0.3 is 14.8 Å². The lowest BCUT2D eigenvalue weighted by Crippen LogP contribution is -2.46. The minimum Gasteiger partial charge on any atom is -0.508 e. The Kier molecular flexibility index (Phi) is 6.09. The van der Waals surface area contributed by atoms with Crippen molar-refractivity contribution in [3.05, 3.63) is 76.1 Å². The molecule has 4 nitrogen and oxygen atoms in total. The Morgan fingerprint density at radius 1 is 1.03 bits per heavy atom. The van der Waals surface area contributed by atoms with Crippen LogP contribution in [0.3, 0.4) is 0 Å². The van der Waals surface area contributed by atoms with Gasteiger partial charge in [0, 0.05) is 24.2 Å². The fraction of sp³-hybridized carbons (Fsp3) is 0.318. The van der Waals surface area contributed by atoms with Gasteiger partial charge in [0.1, 0.15) is 22.8 Å². The second-order valence-corrected chi connectivity index (χ2v) is 7.71. The van der Waals surface area contributed by atoms with E-state index in [1.54, 1.807) is 0 Å². The van der Waals surface area contributed by atoms with E-state index in [1.165, 1.54) is 13.0 Å². The molecule has 2 unspecified atom stereocenters. The van der Waals surface area contributed by atoms with Gasteiger partial charge in [-0.05, 0) is 54.3 Å². The molecule has 0 saturated heterocycles. The molecule has 2 N–H and O–H groups in total. The average Bonchev–Trinajstić information content (AvgIpc) is 2.70. The van der Waals surface area contributed by atoms with Gasteiger partial charge in [0.2, 0.25) is 0 Å². The summed E-state index contributed by atoms with van der Waals surface area (Å²) in [5.74, 6) is -2.79. The predicted molar refractivity (Wildman–Crippen MR) is 105 cm³/mol. The molecule has 31 heavy (non-hydrogen) atoms. The highest BCUT2D eigenvalue weighted by molar-refractivity contribution is 5.78. The molecule has 0 aliphatic carbocycles. The van der Waals surface area contributed by atoms with Gasteiger partial charge in [0.05, 0.1) is 12.1 Å². The van der Waals surface area contributed by atoms with E-state index in [1.807, 2.05) is 0 Å². The van der Waals surface area contributed by atoms with E-state index in [2.05, 4.69) is 0 Å². The van der Waals surface area contributed by atoms with Crippen LogP contribution in [-0.4, -0.2) is 27.6 Å². The summed E-state index contributed by atoms with van der Waals surface area (Å²) in [5.41, 5.74) is -3.26. The maximum absolute atomic E-state index is 14.2. The van der Waals surface area contributed by atoms with Crippen LogP contribution in [0.1, 0.15) is 24.8 Å². The normalized spacial score (nSPS) is 15.1. The standard InChI is InChI=1S/C22H20F5NO3/c1-13(17-8-14(23)3-5-19(17)30)10-21(12-29,22(25,26)27)11-28-7-6-20(31)16-4-2-15(24)9-18(16)28/h2-9,13,29-30H,10-12H2,1H3. The number of phenolic OH excluding ortho intramolecular Hbond substituents is 1. The summed E-state index contributed by atoms with van der Waals surface area (Å²) in [5, 5.41) is 19.9. The van der Waals surface area contributed by atoms with Crippen LogP contribution in [0.4, 0.5) is 22.0 Å².